The first-order valence-corrected chi connectivity index (χ1v) is 6.56. The van der Waals surface area contributed by atoms with Crippen molar-refractivity contribution in [3.63, 3.8) is 0 Å². The number of hydrogen-bond donors (Lipinski definition) is 0. The molecule has 0 unspecified atom stereocenters. The first kappa shape index (κ1) is 14.8. The van der Waals surface area contributed by atoms with Crippen LogP contribution in [-0.4, -0.2) is 26.0 Å². The van der Waals surface area contributed by atoms with Crippen molar-refractivity contribution in [3.8, 4) is 0 Å². The van der Waals surface area contributed by atoms with Gasteiger partial charge in [0.25, 0.3) is 5.91 Å². The lowest BCUT2D eigenvalue weighted by Crippen LogP contribution is -2.26. The van der Waals surface area contributed by atoms with Gasteiger partial charge in [0.15, 0.2) is 0 Å². The quantitative estimate of drug-likeness (QED) is 0.813. The van der Waals surface area contributed by atoms with Gasteiger partial charge in [-0.2, -0.15) is 0 Å². The Balaban J connectivity index is 2.27. The first-order valence-electron chi connectivity index (χ1n) is 6.56. The van der Waals surface area contributed by atoms with E-state index in [9.17, 15) is 9.59 Å². The largest absolute Gasteiger partial charge is 0.465 e. The molecule has 0 fully saturated rings. The minimum atomic E-state index is -0.456. The monoisotopic (exact) mass is 283 g/mol. The maximum atomic E-state index is 12.5. The predicted molar refractivity (Wildman–Crippen MR) is 81.7 cm³/mol. The maximum absolute atomic E-state index is 12.5. The van der Waals surface area contributed by atoms with Crippen molar-refractivity contribution >= 4 is 17.6 Å². The summed E-state index contributed by atoms with van der Waals surface area (Å²) in [5.74, 6) is -0.632. The molecule has 0 aliphatic carbocycles. The van der Waals surface area contributed by atoms with Crippen molar-refractivity contribution < 1.29 is 14.3 Å². The number of carbonyl (C=O) groups is 2. The average Bonchev–Trinajstić information content (AvgIpc) is 2.53. The fraction of sp³-hybridized carbons (Fsp3) is 0.176. The summed E-state index contributed by atoms with van der Waals surface area (Å²) in [5, 5.41) is 0. The van der Waals surface area contributed by atoms with Gasteiger partial charge >= 0.3 is 5.97 Å². The van der Waals surface area contributed by atoms with Gasteiger partial charge in [0.1, 0.15) is 0 Å². The van der Waals surface area contributed by atoms with Gasteiger partial charge in [-0.05, 0) is 37.3 Å². The zero-order chi connectivity index (χ0) is 15.4. The molecule has 0 saturated heterocycles. The number of rotatable bonds is 3. The van der Waals surface area contributed by atoms with Gasteiger partial charge in [-0.25, -0.2) is 4.79 Å². The number of hydrogen-bond acceptors (Lipinski definition) is 3. The number of esters is 1. The lowest BCUT2D eigenvalue weighted by atomic mass is 10.1. The van der Waals surface area contributed by atoms with Gasteiger partial charge in [-0.1, -0.05) is 23.8 Å². The number of aryl methyl sites for hydroxylation is 1. The van der Waals surface area contributed by atoms with Crippen LogP contribution >= 0.6 is 0 Å². The van der Waals surface area contributed by atoms with Crippen molar-refractivity contribution in [2.75, 3.05) is 19.1 Å². The summed E-state index contributed by atoms with van der Waals surface area (Å²) >= 11 is 0. The summed E-state index contributed by atoms with van der Waals surface area (Å²) in [6.45, 7) is 1.99. The fourth-order valence-corrected chi connectivity index (χ4v) is 1.98. The van der Waals surface area contributed by atoms with Gasteiger partial charge in [0, 0.05) is 18.3 Å². The number of ether oxygens (including phenoxy) is 1. The van der Waals surface area contributed by atoms with E-state index in [0.717, 1.165) is 11.3 Å². The maximum Gasteiger partial charge on any atom is 0.337 e. The Morgan fingerprint density at radius 2 is 1.62 bits per heavy atom. The summed E-state index contributed by atoms with van der Waals surface area (Å²) in [6, 6.07) is 14.2. The summed E-state index contributed by atoms with van der Waals surface area (Å²) < 4.78 is 4.67. The molecule has 0 bridgehead atoms. The normalized spacial score (nSPS) is 10.0. The third kappa shape index (κ3) is 3.28. The topological polar surface area (TPSA) is 46.6 Å². The average molecular weight is 283 g/mol. The van der Waals surface area contributed by atoms with Crippen molar-refractivity contribution in [3.05, 3.63) is 65.2 Å². The van der Waals surface area contributed by atoms with E-state index in [0.29, 0.717) is 11.1 Å². The van der Waals surface area contributed by atoms with Crippen molar-refractivity contribution in [2.45, 2.75) is 6.92 Å². The van der Waals surface area contributed by atoms with Gasteiger partial charge in [-0.3, -0.25) is 4.79 Å². The van der Waals surface area contributed by atoms with Gasteiger partial charge < -0.3 is 9.64 Å². The Morgan fingerprint density at radius 1 is 1.00 bits per heavy atom. The van der Waals surface area contributed by atoms with E-state index in [4.69, 9.17) is 0 Å². The summed E-state index contributed by atoms with van der Waals surface area (Å²) in [4.78, 5) is 25.5. The van der Waals surface area contributed by atoms with E-state index < -0.39 is 5.97 Å². The molecule has 0 radical (unpaired) electrons. The van der Waals surface area contributed by atoms with E-state index in [1.54, 1.807) is 36.2 Å². The highest BCUT2D eigenvalue weighted by atomic mass is 16.5. The van der Waals surface area contributed by atoms with Crippen LogP contribution in [0.5, 0.6) is 0 Å². The molecule has 4 nitrogen and oxygen atoms in total. The molecule has 0 heterocycles. The second-order valence-electron chi connectivity index (χ2n) is 4.77. The van der Waals surface area contributed by atoms with Crippen molar-refractivity contribution in [2.24, 2.45) is 0 Å². The van der Waals surface area contributed by atoms with Crippen LogP contribution in [0.15, 0.2) is 48.5 Å². The number of anilines is 1. The SMILES string of the molecule is COC(=O)c1cccc(C(=O)N(C)c2ccc(C)cc2)c1. The Morgan fingerprint density at radius 3 is 2.24 bits per heavy atom. The third-order valence-electron chi connectivity index (χ3n) is 3.26. The molecule has 2 rings (SSSR count). The number of methoxy groups -OCH3 is 1. The lowest BCUT2D eigenvalue weighted by Gasteiger charge is -2.18. The third-order valence-corrected chi connectivity index (χ3v) is 3.26. The van der Waals surface area contributed by atoms with Crippen molar-refractivity contribution in [1.82, 2.24) is 0 Å². The molecular weight excluding hydrogens is 266 g/mol. The van der Waals surface area contributed by atoms with Crippen LogP contribution in [0.3, 0.4) is 0 Å². The molecule has 0 aliphatic heterocycles. The molecule has 108 valence electrons. The van der Waals surface area contributed by atoms with E-state index in [-0.39, 0.29) is 5.91 Å². The molecule has 1 amide bonds. The van der Waals surface area contributed by atoms with Gasteiger partial charge in [0.05, 0.1) is 12.7 Å². The second-order valence-corrected chi connectivity index (χ2v) is 4.77. The van der Waals surface area contributed by atoms with Crippen LogP contribution in [-0.2, 0) is 4.74 Å². The van der Waals surface area contributed by atoms with E-state index in [1.165, 1.54) is 7.11 Å². The highest BCUT2D eigenvalue weighted by molar-refractivity contribution is 6.06. The molecule has 0 N–H and O–H groups in total. The molecule has 21 heavy (non-hydrogen) atoms. The molecular formula is C17H17NO3. The minimum absolute atomic E-state index is 0.176. The molecule has 2 aromatic carbocycles. The smallest absolute Gasteiger partial charge is 0.337 e. The second kappa shape index (κ2) is 6.22. The summed E-state index contributed by atoms with van der Waals surface area (Å²) in [7, 11) is 3.02. The zero-order valence-corrected chi connectivity index (χ0v) is 12.3. The highest BCUT2D eigenvalue weighted by Crippen LogP contribution is 2.17. The van der Waals surface area contributed by atoms with E-state index in [1.807, 2.05) is 31.2 Å². The first-order chi connectivity index (χ1) is 10.0. The van der Waals surface area contributed by atoms with E-state index in [2.05, 4.69) is 4.74 Å². The molecule has 0 atom stereocenters. The van der Waals surface area contributed by atoms with Crippen LogP contribution in [0.4, 0.5) is 5.69 Å². The zero-order valence-electron chi connectivity index (χ0n) is 12.3. The van der Waals surface area contributed by atoms with Crippen LogP contribution in [0, 0.1) is 6.92 Å². The number of amides is 1. The summed E-state index contributed by atoms with van der Waals surface area (Å²) in [6.07, 6.45) is 0. The van der Waals surface area contributed by atoms with Crippen LogP contribution in [0.25, 0.3) is 0 Å². The Labute approximate surface area is 124 Å². The van der Waals surface area contributed by atoms with E-state index >= 15 is 0 Å². The minimum Gasteiger partial charge on any atom is -0.465 e. The summed E-state index contributed by atoms with van der Waals surface area (Å²) in [5.41, 5.74) is 2.74. The standard InChI is InChI=1S/C17H17NO3/c1-12-7-9-15(10-8-12)18(2)16(19)13-5-4-6-14(11-13)17(20)21-3/h4-11H,1-3H3. The fourth-order valence-electron chi connectivity index (χ4n) is 1.98. The predicted octanol–water partition coefficient (Wildman–Crippen LogP) is 3.06. The molecule has 0 aliphatic rings. The lowest BCUT2D eigenvalue weighted by molar-refractivity contribution is 0.0600. The number of carbonyl (C=O) groups excluding carboxylic acids is 2. The van der Waals surface area contributed by atoms with Crippen molar-refractivity contribution in [1.29, 1.82) is 0 Å². The molecule has 0 saturated carbocycles. The Bertz CT molecular complexity index is 662. The van der Waals surface area contributed by atoms with Crippen LogP contribution < -0.4 is 4.90 Å². The molecule has 2 aromatic rings. The number of nitrogens with zero attached hydrogens (tertiary/aromatic N) is 1. The van der Waals surface area contributed by atoms with Gasteiger partial charge in [0.2, 0.25) is 0 Å². The van der Waals surface area contributed by atoms with Gasteiger partial charge in [-0.15, -0.1) is 0 Å². The van der Waals surface area contributed by atoms with Crippen LogP contribution in [0.1, 0.15) is 26.3 Å². The molecule has 0 spiro atoms. The molecule has 0 aromatic heterocycles. The molecule has 4 heteroatoms. The Hall–Kier alpha value is -2.62. The highest BCUT2D eigenvalue weighted by Gasteiger charge is 2.15. The Kier molecular flexibility index (Phi) is 4.38. The number of benzene rings is 2. The van der Waals surface area contributed by atoms with Crippen LogP contribution in [0.2, 0.25) is 0 Å².